The van der Waals surface area contributed by atoms with E-state index in [1.807, 2.05) is 47.0 Å². The molecule has 1 aliphatic heterocycles. The van der Waals surface area contributed by atoms with Crippen LogP contribution in [0.4, 0.5) is 10.2 Å². The molecule has 1 aliphatic rings. The van der Waals surface area contributed by atoms with E-state index in [-0.39, 0.29) is 5.82 Å². The van der Waals surface area contributed by atoms with Gasteiger partial charge in [0, 0.05) is 45.6 Å². The number of rotatable bonds is 8. The van der Waals surface area contributed by atoms with E-state index in [9.17, 15) is 9.50 Å². The molecule has 8 heteroatoms. The maximum absolute atomic E-state index is 13.0. The number of benzene rings is 1. The molecule has 0 bridgehead atoms. The SMILES string of the molecule is Cn1ccnc1COc1ccc(CNCC2(O)CCN(c3ccc(F)cn3)C2)cc1. The molecule has 1 saturated heterocycles. The molecular formula is C22H26FN5O2. The Morgan fingerprint density at radius 3 is 2.73 bits per heavy atom. The van der Waals surface area contributed by atoms with Gasteiger partial charge in [0.25, 0.3) is 0 Å². The minimum absolute atomic E-state index is 0.358. The Kier molecular flexibility index (Phi) is 5.96. The smallest absolute Gasteiger partial charge is 0.146 e. The van der Waals surface area contributed by atoms with Crippen molar-refractivity contribution in [2.75, 3.05) is 24.5 Å². The molecule has 0 amide bonds. The van der Waals surface area contributed by atoms with Gasteiger partial charge in [0.2, 0.25) is 0 Å². The van der Waals surface area contributed by atoms with Gasteiger partial charge in [-0.2, -0.15) is 0 Å². The van der Waals surface area contributed by atoms with Crippen LogP contribution in [0, 0.1) is 5.82 Å². The number of aliphatic hydroxyl groups is 1. The zero-order chi connectivity index (χ0) is 21.0. The van der Waals surface area contributed by atoms with Crippen LogP contribution in [0.25, 0.3) is 0 Å². The number of nitrogens with zero attached hydrogens (tertiary/aromatic N) is 4. The van der Waals surface area contributed by atoms with E-state index in [1.54, 1.807) is 12.3 Å². The molecule has 2 N–H and O–H groups in total. The van der Waals surface area contributed by atoms with Crippen LogP contribution in [0.5, 0.6) is 5.75 Å². The Labute approximate surface area is 175 Å². The largest absolute Gasteiger partial charge is 0.486 e. The van der Waals surface area contributed by atoms with E-state index in [0.29, 0.717) is 45.0 Å². The molecule has 0 aliphatic carbocycles. The number of aromatic nitrogens is 3. The molecule has 30 heavy (non-hydrogen) atoms. The lowest BCUT2D eigenvalue weighted by Crippen LogP contribution is -2.43. The van der Waals surface area contributed by atoms with Crippen molar-refractivity contribution < 1.29 is 14.2 Å². The van der Waals surface area contributed by atoms with E-state index in [2.05, 4.69) is 15.3 Å². The topological polar surface area (TPSA) is 75.4 Å². The number of pyridine rings is 1. The lowest BCUT2D eigenvalue weighted by Gasteiger charge is -2.24. The number of β-amino-alcohol motifs (C(OH)–C–C–N with tert-alkyl or cyclic N) is 1. The summed E-state index contributed by atoms with van der Waals surface area (Å²) < 4.78 is 20.8. The van der Waals surface area contributed by atoms with Crippen LogP contribution in [0.3, 0.4) is 0 Å². The van der Waals surface area contributed by atoms with Gasteiger partial charge in [0.1, 0.15) is 29.8 Å². The minimum atomic E-state index is -0.832. The van der Waals surface area contributed by atoms with Crippen LogP contribution in [-0.2, 0) is 20.2 Å². The van der Waals surface area contributed by atoms with Crippen molar-refractivity contribution in [3.63, 3.8) is 0 Å². The second-order valence-electron chi connectivity index (χ2n) is 7.72. The van der Waals surface area contributed by atoms with Crippen molar-refractivity contribution in [2.24, 2.45) is 7.05 Å². The van der Waals surface area contributed by atoms with Gasteiger partial charge in [-0.05, 0) is 36.2 Å². The summed E-state index contributed by atoms with van der Waals surface area (Å²) in [6, 6.07) is 10.9. The van der Waals surface area contributed by atoms with Crippen LogP contribution in [-0.4, -0.2) is 44.9 Å². The zero-order valence-corrected chi connectivity index (χ0v) is 17.0. The third-order valence-corrected chi connectivity index (χ3v) is 5.36. The summed E-state index contributed by atoms with van der Waals surface area (Å²) in [6.07, 6.45) is 5.48. The number of hydrogen-bond donors (Lipinski definition) is 2. The summed E-state index contributed by atoms with van der Waals surface area (Å²) in [5.74, 6) is 1.99. The van der Waals surface area contributed by atoms with Crippen molar-refractivity contribution >= 4 is 5.82 Å². The molecule has 158 valence electrons. The number of nitrogens with one attached hydrogen (secondary N) is 1. The van der Waals surface area contributed by atoms with E-state index in [0.717, 1.165) is 17.1 Å². The standard InChI is InChI=1S/C22H26FN5O2/c1-27-11-9-25-21(27)14-30-19-5-2-17(3-6-19)12-24-15-22(29)8-10-28(16-22)20-7-4-18(23)13-26-20/h2-7,9,11,13,24,29H,8,10,12,14-16H2,1H3. The first-order valence-electron chi connectivity index (χ1n) is 9.98. The number of hydrogen-bond acceptors (Lipinski definition) is 6. The summed E-state index contributed by atoms with van der Waals surface area (Å²) in [7, 11) is 1.94. The number of ether oxygens (including phenoxy) is 1. The van der Waals surface area contributed by atoms with Crippen LogP contribution >= 0.6 is 0 Å². The lowest BCUT2D eigenvalue weighted by molar-refractivity contribution is 0.0626. The predicted molar refractivity (Wildman–Crippen MR) is 112 cm³/mol. The van der Waals surface area contributed by atoms with Crippen LogP contribution < -0.4 is 15.0 Å². The predicted octanol–water partition coefficient (Wildman–Crippen LogP) is 2.26. The zero-order valence-electron chi connectivity index (χ0n) is 17.0. The lowest BCUT2D eigenvalue weighted by atomic mass is 10.0. The molecule has 1 atom stereocenters. The van der Waals surface area contributed by atoms with Crippen molar-refractivity contribution in [1.29, 1.82) is 0 Å². The van der Waals surface area contributed by atoms with Gasteiger partial charge in [-0.15, -0.1) is 0 Å². The fraction of sp³-hybridized carbons (Fsp3) is 0.364. The summed E-state index contributed by atoms with van der Waals surface area (Å²) in [4.78, 5) is 10.3. The molecule has 2 aromatic heterocycles. The highest BCUT2D eigenvalue weighted by Crippen LogP contribution is 2.25. The van der Waals surface area contributed by atoms with E-state index < -0.39 is 5.60 Å². The molecule has 1 aromatic carbocycles. The highest BCUT2D eigenvalue weighted by atomic mass is 19.1. The molecule has 1 unspecified atom stereocenters. The second-order valence-corrected chi connectivity index (χ2v) is 7.72. The second kappa shape index (κ2) is 8.81. The number of imidazole rings is 1. The summed E-state index contributed by atoms with van der Waals surface area (Å²) in [5, 5.41) is 14.2. The Hall–Kier alpha value is -2.97. The van der Waals surface area contributed by atoms with Crippen molar-refractivity contribution in [3.05, 3.63) is 72.2 Å². The molecule has 3 heterocycles. The third kappa shape index (κ3) is 4.95. The monoisotopic (exact) mass is 411 g/mol. The summed E-state index contributed by atoms with van der Waals surface area (Å²) >= 11 is 0. The summed E-state index contributed by atoms with van der Waals surface area (Å²) in [5.41, 5.74) is 0.277. The van der Waals surface area contributed by atoms with Crippen molar-refractivity contribution in [1.82, 2.24) is 19.9 Å². The summed E-state index contributed by atoms with van der Waals surface area (Å²) in [6.45, 7) is 2.71. The van der Waals surface area contributed by atoms with Gasteiger partial charge in [-0.3, -0.25) is 0 Å². The first-order chi connectivity index (χ1) is 14.5. The fourth-order valence-corrected chi connectivity index (χ4v) is 3.58. The molecule has 0 saturated carbocycles. The first-order valence-corrected chi connectivity index (χ1v) is 9.98. The van der Waals surface area contributed by atoms with Gasteiger partial charge in [-0.1, -0.05) is 12.1 Å². The first kappa shape index (κ1) is 20.3. The van der Waals surface area contributed by atoms with Crippen molar-refractivity contribution in [3.8, 4) is 5.75 Å². The number of aryl methyl sites for hydroxylation is 1. The number of halogens is 1. The van der Waals surface area contributed by atoms with Gasteiger partial charge < -0.3 is 24.6 Å². The Morgan fingerprint density at radius 1 is 1.20 bits per heavy atom. The third-order valence-electron chi connectivity index (χ3n) is 5.36. The molecule has 0 spiro atoms. The Bertz CT molecular complexity index is 960. The number of anilines is 1. The van der Waals surface area contributed by atoms with Crippen molar-refractivity contribution in [2.45, 2.75) is 25.2 Å². The van der Waals surface area contributed by atoms with E-state index in [4.69, 9.17) is 4.74 Å². The molecule has 0 radical (unpaired) electrons. The molecule has 3 aromatic rings. The molecular weight excluding hydrogens is 385 g/mol. The highest BCUT2D eigenvalue weighted by Gasteiger charge is 2.36. The van der Waals surface area contributed by atoms with Gasteiger partial charge >= 0.3 is 0 Å². The molecule has 4 rings (SSSR count). The Morgan fingerprint density at radius 2 is 2.03 bits per heavy atom. The minimum Gasteiger partial charge on any atom is -0.486 e. The maximum atomic E-state index is 13.0. The molecule has 7 nitrogen and oxygen atoms in total. The normalized spacial score (nSPS) is 18.7. The van der Waals surface area contributed by atoms with Gasteiger partial charge in [0.05, 0.1) is 11.8 Å². The highest BCUT2D eigenvalue weighted by molar-refractivity contribution is 5.40. The molecule has 1 fully saturated rings. The van der Waals surface area contributed by atoms with Gasteiger partial charge in [-0.25, -0.2) is 14.4 Å². The van der Waals surface area contributed by atoms with Crippen LogP contribution in [0.2, 0.25) is 0 Å². The average Bonchev–Trinajstić information content (AvgIpc) is 3.34. The Balaban J connectivity index is 1.23. The fourth-order valence-electron chi connectivity index (χ4n) is 3.58. The maximum Gasteiger partial charge on any atom is 0.146 e. The van der Waals surface area contributed by atoms with Gasteiger partial charge in [0.15, 0.2) is 0 Å². The van der Waals surface area contributed by atoms with E-state index >= 15 is 0 Å². The van der Waals surface area contributed by atoms with Crippen LogP contribution in [0.1, 0.15) is 17.8 Å². The van der Waals surface area contributed by atoms with E-state index in [1.165, 1.54) is 12.3 Å². The quantitative estimate of drug-likeness (QED) is 0.592. The van der Waals surface area contributed by atoms with Crippen LogP contribution in [0.15, 0.2) is 55.0 Å². The average molecular weight is 411 g/mol.